The van der Waals surface area contributed by atoms with E-state index in [4.69, 9.17) is 0 Å². The molecule has 1 rings (SSSR count). The lowest BCUT2D eigenvalue weighted by atomic mass is 9.76. The summed E-state index contributed by atoms with van der Waals surface area (Å²) in [4.78, 5) is 0. The highest BCUT2D eigenvalue weighted by Crippen LogP contribution is 2.34. The van der Waals surface area contributed by atoms with Gasteiger partial charge in [0, 0.05) is 0 Å². The Kier molecular flexibility index (Phi) is 5.50. The molecule has 1 aliphatic rings. The summed E-state index contributed by atoms with van der Waals surface area (Å²) < 4.78 is 0. The lowest BCUT2D eigenvalue weighted by molar-refractivity contribution is 0.0481. The zero-order valence-electron chi connectivity index (χ0n) is 12.5. The van der Waals surface area contributed by atoms with Crippen molar-refractivity contribution in [2.24, 2.45) is 23.2 Å². The quantitative estimate of drug-likeness (QED) is 0.759. The van der Waals surface area contributed by atoms with Gasteiger partial charge in [0.05, 0.1) is 6.10 Å². The molecule has 1 aliphatic carbocycles. The van der Waals surface area contributed by atoms with Crippen molar-refractivity contribution in [3.05, 3.63) is 0 Å². The van der Waals surface area contributed by atoms with Crippen LogP contribution in [0.25, 0.3) is 0 Å². The second kappa shape index (κ2) is 6.22. The zero-order chi connectivity index (χ0) is 13.1. The lowest BCUT2D eigenvalue weighted by Gasteiger charge is -2.33. The maximum absolute atomic E-state index is 10.4. The number of aliphatic hydroxyl groups is 1. The zero-order valence-corrected chi connectivity index (χ0v) is 12.5. The van der Waals surface area contributed by atoms with Crippen molar-refractivity contribution in [2.45, 2.75) is 79.2 Å². The predicted octanol–water partition coefficient (Wildman–Crippen LogP) is 4.64. The summed E-state index contributed by atoms with van der Waals surface area (Å²) in [5.41, 5.74) is 0.388. The molecule has 1 nitrogen and oxygen atoms in total. The Hall–Kier alpha value is -0.0400. The van der Waals surface area contributed by atoms with E-state index in [1.165, 1.54) is 32.1 Å². The SMILES string of the molecule is CC1CCCC(C(O)CC(C)CC(C)(C)C)C1. The highest BCUT2D eigenvalue weighted by Gasteiger charge is 2.27. The van der Waals surface area contributed by atoms with E-state index in [1.807, 2.05) is 0 Å². The molecule has 0 aliphatic heterocycles. The topological polar surface area (TPSA) is 20.2 Å². The Morgan fingerprint density at radius 1 is 1.24 bits per heavy atom. The molecule has 1 saturated carbocycles. The molecule has 102 valence electrons. The summed E-state index contributed by atoms with van der Waals surface area (Å²) in [6.45, 7) is 11.5. The molecule has 1 fully saturated rings. The normalized spacial score (nSPS) is 30.0. The highest BCUT2D eigenvalue weighted by atomic mass is 16.3. The average molecular weight is 240 g/mol. The molecule has 0 amide bonds. The van der Waals surface area contributed by atoms with E-state index in [0.29, 0.717) is 17.3 Å². The first-order valence-corrected chi connectivity index (χ1v) is 7.46. The minimum Gasteiger partial charge on any atom is -0.393 e. The van der Waals surface area contributed by atoms with Crippen molar-refractivity contribution in [1.29, 1.82) is 0 Å². The van der Waals surface area contributed by atoms with Gasteiger partial charge in [0.15, 0.2) is 0 Å². The van der Waals surface area contributed by atoms with Crippen LogP contribution in [0.3, 0.4) is 0 Å². The molecule has 0 bridgehead atoms. The van der Waals surface area contributed by atoms with Crippen LogP contribution in [0, 0.1) is 23.2 Å². The number of rotatable bonds is 4. The minimum absolute atomic E-state index is 0.0601. The first-order chi connectivity index (χ1) is 7.78. The second-order valence-corrected chi connectivity index (χ2v) is 7.70. The van der Waals surface area contributed by atoms with Crippen LogP contribution >= 0.6 is 0 Å². The molecular formula is C16H32O. The third kappa shape index (κ3) is 5.90. The Morgan fingerprint density at radius 2 is 1.88 bits per heavy atom. The fourth-order valence-electron chi connectivity index (χ4n) is 3.56. The second-order valence-electron chi connectivity index (χ2n) is 7.70. The van der Waals surface area contributed by atoms with E-state index in [1.54, 1.807) is 0 Å². The standard InChI is InChI=1S/C16H32O/c1-12-7-6-8-14(9-12)15(17)10-13(2)11-16(3,4)5/h12-15,17H,6-11H2,1-5H3. The Morgan fingerprint density at radius 3 is 2.41 bits per heavy atom. The maximum Gasteiger partial charge on any atom is 0.0571 e. The summed E-state index contributed by atoms with van der Waals surface area (Å²) in [5.74, 6) is 2.03. The van der Waals surface area contributed by atoms with E-state index in [0.717, 1.165) is 12.3 Å². The minimum atomic E-state index is -0.0601. The van der Waals surface area contributed by atoms with Crippen molar-refractivity contribution < 1.29 is 5.11 Å². The Bertz CT molecular complexity index is 216. The molecule has 0 radical (unpaired) electrons. The fourth-order valence-corrected chi connectivity index (χ4v) is 3.56. The van der Waals surface area contributed by atoms with Crippen LogP contribution in [0.5, 0.6) is 0 Å². The van der Waals surface area contributed by atoms with Crippen LogP contribution in [0.15, 0.2) is 0 Å². The van der Waals surface area contributed by atoms with Crippen LogP contribution in [0.2, 0.25) is 0 Å². The van der Waals surface area contributed by atoms with Gasteiger partial charge in [-0.15, -0.1) is 0 Å². The average Bonchev–Trinajstić information content (AvgIpc) is 2.14. The van der Waals surface area contributed by atoms with Crippen molar-refractivity contribution in [3.8, 4) is 0 Å². The molecule has 17 heavy (non-hydrogen) atoms. The van der Waals surface area contributed by atoms with E-state index in [9.17, 15) is 5.11 Å². The third-order valence-corrected chi connectivity index (χ3v) is 4.13. The molecule has 1 heteroatoms. The number of hydrogen-bond donors (Lipinski definition) is 1. The van der Waals surface area contributed by atoms with E-state index in [-0.39, 0.29) is 6.10 Å². The van der Waals surface area contributed by atoms with Crippen molar-refractivity contribution in [1.82, 2.24) is 0 Å². The van der Waals surface area contributed by atoms with Gasteiger partial charge in [-0.05, 0) is 48.9 Å². The van der Waals surface area contributed by atoms with Crippen LogP contribution in [0.4, 0.5) is 0 Å². The van der Waals surface area contributed by atoms with Gasteiger partial charge >= 0.3 is 0 Å². The fraction of sp³-hybridized carbons (Fsp3) is 1.00. The summed E-state index contributed by atoms with van der Waals surface area (Å²) >= 11 is 0. The van der Waals surface area contributed by atoms with Gasteiger partial charge in [0.25, 0.3) is 0 Å². The first kappa shape index (κ1) is 15.0. The van der Waals surface area contributed by atoms with Gasteiger partial charge in [-0.25, -0.2) is 0 Å². The molecule has 0 aromatic carbocycles. The maximum atomic E-state index is 10.4. The largest absolute Gasteiger partial charge is 0.393 e. The predicted molar refractivity (Wildman–Crippen MR) is 75.0 cm³/mol. The van der Waals surface area contributed by atoms with Crippen molar-refractivity contribution in [2.75, 3.05) is 0 Å². The van der Waals surface area contributed by atoms with Crippen LogP contribution in [0.1, 0.15) is 73.1 Å². The summed E-state index contributed by atoms with van der Waals surface area (Å²) in [6, 6.07) is 0. The molecule has 4 atom stereocenters. The van der Waals surface area contributed by atoms with Crippen molar-refractivity contribution >= 4 is 0 Å². The molecule has 0 spiro atoms. The Labute approximate surface area is 108 Å². The van der Waals surface area contributed by atoms with E-state index in [2.05, 4.69) is 34.6 Å². The van der Waals surface area contributed by atoms with Gasteiger partial charge < -0.3 is 5.11 Å². The van der Waals surface area contributed by atoms with Gasteiger partial charge in [0.2, 0.25) is 0 Å². The monoisotopic (exact) mass is 240 g/mol. The third-order valence-electron chi connectivity index (χ3n) is 4.13. The van der Waals surface area contributed by atoms with E-state index >= 15 is 0 Å². The molecule has 0 heterocycles. The molecule has 0 aromatic rings. The molecule has 1 N–H and O–H groups in total. The summed E-state index contributed by atoms with van der Waals surface area (Å²) in [5, 5.41) is 10.4. The highest BCUT2D eigenvalue weighted by molar-refractivity contribution is 4.78. The van der Waals surface area contributed by atoms with Gasteiger partial charge in [-0.3, -0.25) is 0 Å². The molecular weight excluding hydrogens is 208 g/mol. The van der Waals surface area contributed by atoms with Gasteiger partial charge in [0.1, 0.15) is 0 Å². The summed E-state index contributed by atoms with van der Waals surface area (Å²) in [6.07, 6.45) is 7.31. The van der Waals surface area contributed by atoms with E-state index < -0.39 is 0 Å². The van der Waals surface area contributed by atoms with Crippen LogP contribution < -0.4 is 0 Å². The number of aliphatic hydroxyl groups excluding tert-OH is 1. The lowest BCUT2D eigenvalue weighted by Crippen LogP contribution is -2.28. The van der Waals surface area contributed by atoms with Crippen LogP contribution in [-0.4, -0.2) is 11.2 Å². The first-order valence-electron chi connectivity index (χ1n) is 7.46. The van der Waals surface area contributed by atoms with Gasteiger partial charge in [-0.1, -0.05) is 47.5 Å². The molecule has 4 unspecified atom stereocenters. The van der Waals surface area contributed by atoms with Crippen molar-refractivity contribution in [3.63, 3.8) is 0 Å². The molecule has 0 saturated heterocycles. The molecule has 0 aromatic heterocycles. The smallest absolute Gasteiger partial charge is 0.0571 e. The van der Waals surface area contributed by atoms with Crippen LogP contribution in [-0.2, 0) is 0 Å². The van der Waals surface area contributed by atoms with Gasteiger partial charge in [-0.2, -0.15) is 0 Å². The number of hydrogen-bond acceptors (Lipinski definition) is 1. The summed E-state index contributed by atoms with van der Waals surface area (Å²) in [7, 11) is 0. The Balaban J connectivity index is 2.34.